The van der Waals surface area contributed by atoms with E-state index in [0.29, 0.717) is 5.92 Å². The molecule has 1 unspecified atom stereocenters. The van der Waals surface area contributed by atoms with Gasteiger partial charge < -0.3 is 15.0 Å². The molecule has 41 heavy (non-hydrogen) atoms. The Morgan fingerprint density at radius 3 is 1.68 bits per heavy atom. The van der Waals surface area contributed by atoms with Crippen LogP contribution in [0.3, 0.4) is 0 Å². The number of benzene rings is 5. The molecule has 0 aromatic heterocycles. The number of para-hydroxylation sites is 2. The van der Waals surface area contributed by atoms with Crippen molar-refractivity contribution in [1.29, 1.82) is 0 Å². The maximum Gasteiger partial charge on any atom is 0.119 e. The number of rotatable bonds is 13. The molecule has 0 saturated heterocycles. The van der Waals surface area contributed by atoms with E-state index < -0.39 is 0 Å². The second kappa shape index (κ2) is 14.2. The van der Waals surface area contributed by atoms with Gasteiger partial charge in [0.05, 0.1) is 6.61 Å². The fourth-order valence-electron chi connectivity index (χ4n) is 5.07. The molecular weight excluding hydrogens is 500 g/mol. The van der Waals surface area contributed by atoms with Gasteiger partial charge in [-0.25, -0.2) is 0 Å². The number of ether oxygens (including phenoxy) is 1. The number of anilines is 5. The predicted octanol–water partition coefficient (Wildman–Crippen LogP) is 11.2. The Kier molecular flexibility index (Phi) is 9.73. The van der Waals surface area contributed by atoms with Crippen molar-refractivity contribution in [2.75, 3.05) is 16.8 Å². The van der Waals surface area contributed by atoms with Crippen LogP contribution in [0, 0.1) is 5.92 Å². The van der Waals surface area contributed by atoms with Gasteiger partial charge >= 0.3 is 0 Å². The molecule has 5 aromatic rings. The molecule has 3 heteroatoms. The number of nitrogens with one attached hydrogen (secondary N) is 1. The van der Waals surface area contributed by atoms with Crippen LogP contribution in [0.2, 0.25) is 0 Å². The lowest BCUT2D eigenvalue weighted by atomic mass is 10.0. The Morgan fingerprint density at radius 1 is 0.585 bits per heavy atom. The van der Waals surface area contributed by atoms with E-state index in [9.17, 15) is 0 Å². The lowest BCUT2D eigenvalue weighted by Crippen LogP contribution is -2.12. The van der Waals surface area contributed by atoms with Crippen molar-refractivity contribution in [3.63, 3.8) is 0 Å². The van der Waals surface area contributed by atoms with Crippen molar-refractivity contribution in [3.05, 3.63) is 133 Å². The van der Waals surface area contributed by atoms with Crippen LogP contribution in [0.25, 0.3) is 11.1 Å². The summed E-state index contributed by atoms with van der Waals surface area (Å²) in [7, 11) is 0. The summed E-state index contributed by atoms with van der Waals surface area (Å²) in [6, 6.07) is 46.6. The minimum atomic E-state index is 0.616. The van der Waals surface area contributed by atoms with Crippen molar-refractivity contribution in [2.24, 2.45) is 5.92 Å². The molecular formula is C38H40N2O. The van der Waals surface area contributed by atoms with E-state index in [0.717, 1.165) is 47.2 Å². The Bertz CT molecular complexity index is 1450. The van der Waals surface area contributed by atoms with Crippen molar-refractivity contribution in [2.45, 2.75) is 39.5 Å². The van der Waals surface area contributed by atoms with Crippen molar-refractivity contribution in [1.82, 2.24) is 0 Å². The summed E-state index contributed by atoms with van der Waals surface area (Å²) in [6.45, 7) is 5.29. The number of hydrogen-bond donors (Lipinski definition) is 1. The van der Waals surface area contributed by atoms with Crippen LogP contribution in [0.5, 0.6) is 5.75 Å². The van der Waals surface area contributed by atoms with Gasteiger partial charge in [0.15, 0.2) is 0 Å². The molecule has 0 saturated carbocycles. The van der Waals surface area contributed by atoms with Crippen LogP contribution in [-0.2, 0) is 0 Å². The monoisotopic (exact) mass is 540 g/mol. The molecule has 0 heterocycles. The van der Waals surface area contributed by atoms with Crippen LogP contribution < -0.4 is 15.0 Å². The van der Waals surface area contributed by atoms with E-state index in [1.807, 2.05) is 18.2 Å². The predicted molar refractivity (Wildman–Crippen MR) is 175 cm³/mol. The molecule has 5 rings (SSSR count). The average Bonchev–Trinajstić information content (AvgIpc) is 3.04. The maximum atomic E-state index is 6.19. The fraction of sp³-hybridized carbons (Fsp3) is 0.211. The minimum Gasteiger partial charge on any atom is -0.493 e. The summed E-state index contributed by atoms with van der Waals surface area (Å²) in [5.41, 5.74) is 7.87. The number of unbranched alkanes of at least 4 members (excludes halogenated alkanes) is 1. The topological polar surface area (TPSA) is 24.5 Å². The molecule has 208 valence electrons. The quantitative estimate of drug-likeness (QED) is 0.161. The lowest BCUT2D eigenvalue weighted by Gasteiger charge is -2.26. The summed E-state index contributed by atoms with van der Waals surface area (Å²) in [5.74, 6) is 1.54. The van der Waals surface area contributed by atoms with Gasteiger partial charge in [0.25, 0.3) is 0 Å². The van der Waals surface area contributed by atoms with E-state index in [-0.39, 0.29) is 0 Å². The molecule has 5 aromatic carbocycles. The third-order valence-electron chi connectivity index (χ3n) is 7.54. The minimum absolute atomic E-state index is 0.616. The van der Waals surface area contributed by atoms with Crippen molar-refractivity contribution >= 4 is 28.4 Å². The molecule has 0 aliphatic heterocycles. The van der Waals surface area contributed by atoms with Crippen LogP contribution in [0.15, 0.2) is 133 Å². The Morgan fingerprint density at radius 2 is 1.10 bits per heavy atom. The molecule has 0 aliphatic carbocycles. The third kappa shape index (κ3) is 7.58. The highest BCUT2D eigenvalue weighted by molar-refractivity contribution is 5.78. The Hall–Kier alpha value is -4.50. The van der Waals surface area contributed by atoms with Gasteiger partial charge in [-0.05, 0) is 96.3 Å². The van der Waals surface area contributed by atoms with Gasteiger partial charge in [-0.2, -0.15) is 0 Å². The normalized spacial score (nSPS) is 11.6. The van der Waals surface area contributed by atoms with E-state index in [1.165, 1.54) is 30.4 Å². The molecule has 1 N–H and O–H groups in total. The maximum absolute atomic E-state index is 6.19. The van der Waals surface area contributed by atoms with Gasteiger partial charge in [-0.1, -0.05) is 93.8 Å². The zero-order chi connectivity index (χ0) is 28.3. The molecule has 1 atom stereocenters. The fourth-order valence-corrected chi connectivity index (χ4v) is 5.07. The molecule has 0 spiro atoms. The molecule has 0 radical (unpaired) electrons. The average molecular weight is 541 g/mol. The standard InChI is InChI=1S/C38H40N2O/c1-3-5-12-30(4-2)29-41-38-27-25-37(26-28-38)40(35-15-10-7-11-16-35)36-23-19-32(20-24-36)31-17-21-34(22-18-31)39-33-13-8-6-9-14-33/h6-11,13-28,30,39H,3-5,12,29H2,1-2H3. The van der Waals surface area contributed by atoms with Crippen LogP contribution in [0.4, 0.5) is 28.4 Å². The van der Waals surface area contributed by atoms with Crippen LogP contribution in [-0.4, -0.2) is 6.61 Å². The van der Waals surface area contributed by atoms with E-state index in [4.69, 9.17) is 4.74 Å². The smallest absolute Gasteiger partial charge is 0.119 e. The highest BCUT2D eigenvalue weighted by Crippen LogP contribution is 2.36. The number of nitrogens with zero attached hydrogens (tertiary/aromatic N) is 1. The van der Waals surface area contributed by atoms with E-state index in [1.54, 1.807) is 0 Å². The largest absolute Gasteiger partial charge is 0.493 e. The molecule has 0 aliphatic rings. The first-order valence-electron chi connectivity index (χ1n) is 14.8. The first kappa shape index (κ1) is 28.0. The second-order valence-electron chi connectivity index (χ2n) is 10.5. The van der Waals surface area contributed by atoms with Gasteiger partial charge in [0, 0.05) is 28.4 Å². The van der Waals surface area contributed by atoms with Crippen LogP contribution in [0.1, 0.15) is 39.5 Å². The molecule has 0 bridgehead atoms. The zero-order valence-corrected chi connectivity index (χ0v) is 24.2. The van der Waals surface area contributed by atoms with Gasteiger partial charge in [0.2, 0.25) is 0 Å². The molecule has 3 nitrogen and oxygen atoms in total. The summed E-state index contributed by atoms with van der Waals surface area (Å²) >= 11 is 0. The summed E-state index contributed by atoms with van der Waals surface area (Å²) in [4.78, 5) is 2.29. The first-order chi connectivity index (χ1) is 20.2. The van der Waals surface area contributed by atoms with Gasteiger partial charge in [0.1, 0.15) is 5.75 Å². The highest BCUT2D eigenvalue weighted by Gasteiger charge is 2.13. The molecule has 0 amide bonds. The summed E-state index contributed by atoms with van der Waals surface area (Å²) in [5, 5.41) is 3.46. The molecule has 0 fully saturated rings. The van der Waals surface area contributed by atoms with Crippen molar-refractivity contribution in [3.8, 4) is 16.9 Å². The number of hydrogen-bond acceptors (Lipinski definition) is 3. The SMILES string of the molecule is CCCCC(CC)COc1ccc(N(c2ccccc2)c2ccc(-c3ccc(Nc4ccccc4)cc3)cc2)cc1. The van der Waals surface area contributed by atoms with Crippen LogP contribution >= 0.6 is 0 Å². The lowest BCUT2D eigenvalue weighted by molar-refractivity contribution is 0.233. The van der Waals surface area contributed by atoms with Gasteiger partial charge in [-0.3, -0.25) is 0 Å². The van der Waals surface area contributed by atoms with Crippen molar-refractivity contribution < 1.29 is 4.74 Å². The van der Waals surface area contributed by atoms with E-state index >= 15 is 0 Å². The summed E-state index contributed by atoms with van der Waals surface area (Å²) < 4.78 is 6.19. The highest BCUT2D eigenvalue weighted by atomic mass is 16.5. The summed E-state index contributed by atoms with van der Waals surface area (Å²) in [6.07, 6.45) is 4.89. The Balaban J connectivity index is 1.32. The zero-order valence-electron chi connectivity index (χ0n) is 24.2. The van der Waals surface area contributed by atoms with Gasteiger partial charge in [-0.15, -0.1) is 0 Å². The Labute approximate surface area is 245 Å². The first-order valence-corrected chi connectivity index (χ1v) is 14.8. The second-order valence-corrected chi connectivity index (χ2v) is 10.5. The third-order valence-corrected chi connectivity index (χ3v) is 7.54. The van der Waals surface area contributed by atoms with E-state index in [2.05, 4.69) is 139 Å².